The molecule has 2 aromatic carbocycles. The number of rotatable bonds is 8. The highest BCUT2D eigenvalue weighted by molar-refractivity contribution is 6.04. The SMILES string of the molecule is COc1ccc(CN2C(=O)N[C@H](CCC(=O)NCc3nc4ccccc4n3C)C2=O)cc1. The summed E-state index contributed by atoms with van der Waals surface area (Å²) >= 11 is 0. The van der Waals surface area contributed by atoms with Crippen molar-refractivity contribution in [1.29, 1.82) is 0 Å². The average molecular weight is 435 g/mol. The zero-order valence-electron chi connectivity index (χ0n) is 18.0. The summed E-state index contributed by atoms with van der Waals surface area (Å²) in [5.74, 6) is 0.922. The van der Waals surface area contributed by atoms with Crippen molar-refractivity contribution in [2.45, 2.75) is 32.0 Å². The van der Waals surface area contributed by atoms with E-state index in [1.807, 2.05) is 35.9 Å². The summed E-state index contributed by atoms with van der Waals surface area (Å²) in [6.45, 7) is 0.461. The number of carbonyl (C=O) groups excluding carboxylic acids is 3. The molecular formula is C23H25N5O4. The maximum Gasteiger partial charge on any atom is 0.325 e. The third-order valence-electron chi connectivity index (χ3n) is 5.59. The molecular weight excluding hydrogens is 410 g/mol. The van der Waals surface area contributed by atoms with E-state index in [2.05, 4.69) is 15.6 Å². The Hall–Kier alpha value is -3.88. The van der Waals surface area contributed by atoms with Gasteiger partial charge in [0.1, 0.15) is 17.6 Å². The molecule has 1 fully saturated rings. The molecule has 166 valence electrons. The molecule has 2 heterocycles. The maximum absolute atomic E-state index is 12.7. The number of aryl methyl sites for hydroxylation is 1. The Morgan fingerprint density at radius 2 is 1.91 bits per heavy atom. The molecule has 0 spiro atoms. The molecule has 0 radical (unpaired) electrons. The lowest BCUT2D eigenvalue weighted by Crippen LogP contribution is -2.32. The van der Waals surface area contributed by atoms with Gasteiger partial charge >= 0.3 is 6.03 Å². The monoisotopic (exact) mass is 435 g/mol. The Morgan fingerprint density at radius 1 is 1.16 bits per heavy atom. The van der Waals surface area contributed by atoms with Gasteiger partial charge in [0.2, 0.25) is 5.91 Å². The summed E-state index contributed by atoms with van der Waals surface area (Å²) in [7, 11) is 3.48. The molecule has 0 saturated carbocycles. The molecule has 1 saturated heterocycles. The summed E-state index contributed by atoms with van der Waals surface area (Å²) < 4.78 is 7.06. The number of ether oxygens (including phenoxy) is 1. The molecule has 1 atom stereocenters. The van der Waals surface area contributed by atoms with Crippen LogP contribution >= 0.6 is 0 Å². The summed E-state index contributed by atoms with van der Waals surface area (Å²) in [5, 5.41) is 5.51. The minimum absolute atomic E-state index is 0.122. The van der Waals surface area contributed by atoms with Gasteiger partial charge in [0.25, 0.3) is 5.91 Å². The van der Waals surface area contributed by atoms with Crippen LogP contribution in [0, 0.1) is 0 Å². The second kappa shape index (κ2) is 9.09. The first-order valence-corrected chi connectivity index (χ1v) is 10.4. The number of nitrogens with one attached hydrogen (secondary N) is 2. The molecule has 4 rings (SSSR count). The van der Waals surface area contributed by atoms with Gasteiger partial charge in [-0.2, -0.15) is 0 Å². The fourth-order valence-electron chi connectivity index (χ4n) is 3.73. The predicted molar refractivity (Wildman–Crippen MR) is 118 cm³/mol. The van der Waals surface area contributed by atoms with Crippen LogP contribution in [0.1, 0.15) is 24.2 Å². The van der Waals surface area contributed by atoms with Gasteiger partial charge in [0.05, 0.1) is 31.2 Å². The minimum atomic E-state index is -0.706. The molecule has 9 heteroatoms. The highest BCUT2D eigenvalue weighted by atomic mass is 16.5. The molecule has 1 aliphatic rings. The van der Waals surface area contributed by atoms with E-state index < -0.39 is 12.1 Å². The summed E-state index contributed by atoms with van der Waals surface area (Å²) in [4.78, 5) is 42.9. The van der Waals surface area contributed by atoms with E-state index >= 15 is 0 Å². The Labute approximate surface area is 185 Å². The molecule has 2 N–H and O–H groups in total. The number of nitrogens with zero attached hydrogens (tertiary/aromatic N) is 3. The third kappa shape index (κ3) is 4.41. The van der Waals surface area contributed by atoms with Crippen molar-refractivity contribution in [3.8, 4) is 5.75 Å². The zero-order chi connectivity index (χ0) is 22.7. The van der Waals surface area contributed by atoms with E-state index in [1.165, 1.54) is 4.90 Å². The van der Waals surface area contributed by atoms with Gasteiger partial charge in [-0.1, -0.05) is 24.3 Å². The standard InChI is InChI=1S/C23H25N5O4/c1-27-19-6-4-3-5-17(19)25-20(27)13-24-21(29)12-11-18-22(30)28(23(31)26-18)14-15-7-9-16(32-2)10-8-15/h3-10,18H,11-14H2,1-2H3,(H,24,29)(H,26,31)/t18-/m1/s1. The molecule has 9 nitrogen and oxygen atoms in total. The molecule has 32 heavy (non-hydrogen) atoms. The average Bonchev–Trinajstić information content (AvgIpc) is 3.27. The van der Waals surface area contributed by atoms with Crippen LogP contribution in [0.15, 0.2) is 48.5 Å². The Kier molecular flexibility index (Phi) is 6.07. The van der Waals surface area contributed by atoms with Crippen LogP contribution in [0.2, 0.25) is 0 Å². The molecule has 1 aromatic heterocycles. The quantitative estimate of drug-likeness (QED) is 0.527. The van der Waals surface area contributed by atoms with E-state index in [1.54, 1.807) is 31.4 Å². The minimum Gasteiger partial charge on any atom is -0.497 e. The number of benzene rings is 2. The fraction of sp³-hybridized carbons (Fsp3) is 0.304. The van der Waals surface area contributed by atoms with Gasteiger partial charge in [-0.25, -0.2) is 9.78 Å². The van der Waals surface area contributed by atoms with Gasteiger partial charge in [-0.15, -0.1) is 0 Å². The second-order valence-corrected chi connectivity index (χ2v) is 7.67. The van der Waals surface area contributed by atoms with Crippen molar-refractivity contribution >= 4 is 28.9 Å². The number of aromatic nitrogens is 2. The smallest absolute Gasteiger partial charge is 0.325 e. The van der Waals surface area contributed by atoms with Gasteiger partial charge < -0.3 is 19.9 Å². The van der Waals surface area contributed by atoms with Crippen LogP contribution in [0.5, 0.6) is 5.75 Å². The lowest BCUT2D eigenvalue weighted by Gasteiger charge is -2.13. The summed E-state index contributed by atoms with van der Waals surface area (Å²) in [5.41, 5.74) is 2.68. The number of hydrogen-bond donors (Lipinski definition) is 2. The molecule has 0 aliphatic carbocycles. The number of fused-ring (bicyclic) bond motifs is 1. The third-order valence-corrected chi connectivity index (χ3v) is 5.59. The number of methoxy groups -OCH3 is 1. The summed E-state index contributed by atoms with van der Waals surface area (Å²) in [6.07, 6.45) is 0.356. The number of para-hydroxylation sites is 2. The van der Waals surface area contributed by atoms with E-state index in [-0.39, 0.29) is 31.2 Å². The van der Waals surface area contributed by atoms with Gasteiger partial charge in [-0.05, 0) is 36.2 Å². The van der Waals surface area contributed by atoms with Crippen molar-refractivity contribution in [2.24, 2.45) is 7.05 Å². The predicted octanol–water partition coefficient (Wildman–Crippen LogP) is 2.10. The Bertz CT molecular complexity index is 1150. The van der Waals surface area contributed by atoms with E-state index in [0.717, 1.165) is 22.4 Å². The number of carbonyl (C=O) groups is 3. The van der Waals surface area contributed by atoms with E-state index in [9.17, 15) is 14.4 Å². The van der Waals surface area contributed by atoms with Crippen LogP contribution in [-0.2, 0) is 29.7 Å². The molecule has 0 unspecified atom stereocenters. The van der Waals surface area contributed by atoms with Crippen LogP contribution in [0.25, 0.3) is 11.0 Å². The fourth-order valence-corrected chi connectivity index (χ4v) is 3.73. The Balaban J connectivity index is 1.28. The molecule has 1 aliphatic heterocycles. The zero-order valence-corrected chi connectivity index (χ0v) is 18.0. The van der Waals surface area contributed by atoms with E-state index in [0.29, 0.717) is 12.3 Å². The van der Waals surface area contributed by atoms with Gasteiger partial charge in [0.15, 0.2) is 0 Å². The normalized spacial score (nSPS) is 15.8. The number of imidazole rings is 1. The molecule has 3 aromatic rings. The first-order chi connectivity index (χ1) is 15.5. The molecule has 4 amide bonds. The topological polar surface area (TPSA) is 106 Å². The highest BCUT2D eigenvalue weighted by Crippen LogP contribution is 2.18. The number of hydrogen-bond acceptors (Lipinski definition) is 5. The van der Waals surface area contributed by atoms with Crippen molar-refractivity contribution in [2.75, 3.05) is 7.11 Å². The second-order valence-electron chi connectivity index (χ2n) is 7.67. The van der Waals surface area contributed by atoms with Crippen LogP contribution in [0.4, 0.5) is 4.79 Å². The van der Waals surface area contributed by atoms with Crippen LogP contribution < -0.4 is 15.4 Å². The number of imide groups is 1. The first-order valence-electron chi connectivity index (χ1n) is 10.4. The van der Waals surface area contributed by atoms with Gasteiger partial charge in [0, 0.05) is 13.5 Å². The number of urea groups is 1. The first kappa shape index (κ1) is 21.4. The Morgan fingerprint density at radius 3 is 2.62 bits per heavy atom. The van der Waals surface area contributed by atoms with Crippen LogP contribution in [0.3, 0.4) is 0 Å². The van der Waals surface area contributed by atoms with E-state index in [4.69, 9.17) is 4.74 Å². The summed E-state index contributed by atoms with van der Waals surface area (Å²) in [6, 6.07) is 13.8. The van der Waals surface area contributed by atoms with Crippen molar-refractivity contribution < 1.29 is 19.1 Å². The van der Waals surface area contributed by atoms with Gasteiger partial charge in [-0.3, -0.25) is 14.5 Å². The number of amides is 4. The molecule has 0 bridgehead atoms. The highest BCUT2D eigenvalue weighted by Gasteiger charge is 2.37. The van der Waals surface area contributed by atoms with Crippen molar-refractivity contribution in [3.05, 3.63) is 59.9 Å². The lowest BCUT2D eigenvalue weighted by atomic mass is 10.1. The maximum atomic E-state index is 12.7. The lowest BCUT2D eigenvalue weighted by molar-refractivity contribution is -0.128. The van der Waals surface area contributed by atoms with Crippen LogP contribution in [-0.4, -0.2) is 45.4 Å². The van der Waals surface area contributed by atoms with Crippen molar-refractivity contribution in [1.82, 2.24) is 25.1 Å². The van der Waals surface area contributed by atoms with Crippen molar-refractivity contribution in [3.63, 3.8) is 0 Å². The largest absolute Gasteiger partial charge is 0.497 e.